The summed E-state index contributed by atoms with van der Waals surface area (Å²) in [5.41, 5.74) is 11.4. The Labute approximate surface area is 526 Å². The lowest BCUT2D eigenvalue weighted by Crippen LogP contribution is -2.40. The summed E-state index contributed by atoms with van der Waals surface area (Å²) in [5.74, 6) is 2.41. The van der Waals surface area contributed by atoms with E-state index in [0.717, 1.165) is 63.6 Å². The van der Waals surface area contributed by atoms with Crippen LogP contribution in [-0.4, -0.2) is 198 Å². The molecule has 1 saturated heterocycles. The van der Waals surface area contributed by atoms with Gasteiger partial charge in [0.05, 0.1) is 29.9 Å². The van der Waals surface area contributed by atoms with Crippen LogP contribution in [-0.2, 0) is 67.2 Å². The Morgan fingerprint density at radius 2 is 0.963 bits per heavy atom. The molecule has 476 valence electrons. The molecule has 3 aliphatic rings. The lowest BCUT2D eigenvalue weighted by molar-refractivity contribution is -0.197. The van der Waals surface area contributed by atoms with Gasteiger partial charge in [0, 0.05) is 127 Å². The summed E-state index contributed by atoms with van der Waals surface area (Å²) in [6.07, 6.45) is 6.92. The molecule has 0 aromatic rings. The second-order valence-electron chi connectivity index (χ2n) is 15.9. The van der Waals surface area contributed by atoms with Crippen molar-refractivity contribution in [1.82, 2.24) is 46.8 Å². The van der Waals surface area contributed by atoms with E-state index in [1.807, 2.05) is 0 Å². The largest absolute Gasteiger partial charge is 0.412 e. The van der Waals surface area contributed by atoms with Crippen molar-refractivity contribution >= 4 is 186 Å². The number of amides is 12. The van der Waals surface area contributed by atoms with Gasteiger partial charge in [-0.3, -0.25) is 67.3 Å². The molecule has 0 bridgehead atoms. The Morgan fingerprint density at radius 1 is 0.585 bits per heavy atom. The summed E-state index contributed by atoms with van der Waals surface area (Å²) in [4.78, 5) is 151. The number of carbonyl (C=O) groups is 13. The van der Waals surface area contributed by atoms with Gasteiger partial charge >= 0.3 is 5.97 Å². The van der Waals surface area contributed by atoms with Crippen LogP contribution >= 0.6 is 110 Å². The van der Waals surface area contributed by atoms with E-state index in [-0.39, 0.29) is 149 Å². The number of hydrogen-bond acceptors (Lipinski definition) is 23. The second-order valence-corrected chi connectivity index (χ2v) is 21.0. The fourth-order valence-electron chi connectivity index (χ4n) is 5.10. The fraction of sp³-hybridized carbons (Fsp3) is 0.630. The summed E-state index contributed by atoms with van der Waals surface area (Å²) < 4.78 is 0. The van der Waals surface area contributed by atoms with Crippen LogP contribution in [0.25, 0.3) is 0 Å². The maximum atomic E-state index is 12.2. The summed E-state index contributed by atoms with van der Waals surface area (Å²) in [6.45, 7) is 6.86. The summed E-state index contributed by atoms with van der Waals surface area (Å²) in [6, 6.07) is 0.249. The molecule has 0 spiro atoms. The first-order valence-corrected chi connectivity index (χ1v) is 29.6. The van der Waals surface area contributed by atoms with Crippen LogP contribution in [0, 0.1) is 0 Å². The van der Waals surface area contributed by atoms with Crippen LogP contribution in [0.2, 0.25) is 0 Å². The second kappa shape index (κ2) is 57.4. The average Bonchev–Trinajstić information content (AvgIpc) is 3.98. The Balaban J connectivity index is -0.000000184. The Morgan fingerprint density at radius 3 is 1.32 bits per heavy atom. The number of imide groups is 3. The summed E-state index contributed by atoms with van der Waals surface area (Å²) >= 11 is 14.3. The van der Waals surface area contributed by atoms with Gasteiger partial charge < -0.3 is 58.8 Å². The predicted molar refractivity (Wildman–Crippen MR) is 335 cm³/mol. The number of nitrogens with zero attached hydrogens (tertiary/aromatic N) is 3. The zero-order valence-corrected chi connectivity index (χ0v) is 53.1. The lowest BCUT2D eigenvalue weighted by Gasteiger charge is -2.20. The maximum Gasteiger partial charge on any atom is 0.335 e. The smallest absolute Gasteiger partial charge is 0.335 e. The zero-order valence-electron chi connectivity index (χ0n) is 45.6. The SMILES string of the molecule is C.CC(=O)NCO.CC(=O)NCSCC[C@@H](CSCNC(C)=O)NC(=O)CCN1C(=O)C=CC1=O.CC(=O)NCSCC[C@H](N)CSCNC(C)=O.Cl.Cl.Cl.N[C@H](CS)CCS.O.O=C(CCN1C(=O)C=CC1=O)ON1C(=O)CCC1=O. The van der Waals surface area contributed by atoms with Crippen LogP contribution in [0.1, 0.15) is 87.0 Å². The summed E-state index contributed by atoms with van der Waals surface area (Å²) in [7, 11) is 0. The number of thiol groups is 2. The van der Waals surface area contributed by atoms with E-state index in [9.17, 15) is 62.3 Å². The molecular formula is C46H84Cl3N11O16S6. The number of hydroxylamine groups is 2. The van der Waals surface area contributed by atoms with Crippen LogP contribution in [0.4, 0.5) is 0 Å². The first kappa shape index (κ1) is 91.7. The van der Waals surface area contributed by atoms with Gasteiger partial charge in [0.15, 0.2) is 0 Å². The van der Waals surface area contributed by atoms with Gasteiger partial charge in [-0.1, -0.05) is 7.43 Å². The van der Waals surface area contributed by atoms with E-state index >= 15 is 0 Å². The van der Waals surface area contributed by atoms with Crippen LogP contribution < -0.4 is 43.4 Å². The summed E-state index contributed by atoms with van der Waals surface area (Å²) in [5, 5.41) is 24.2. The first-order chi connectivity index (χ1) is 36.4. The number of carbonyl (C=O) groups excluding carboxylic acids is 13. The van der Waals surface area contributed by atoms with Gasteiger partial charge in [-0.25, -0.2) is 4.79 Å². The van der Waals surface area contributed by atoms with Gasteiger partial charge in [0.2, 0.25) is 35.4 Å². The van der Waals surface area contributed by atoms with Crippen LogP contribution in [0.15, 0.2) is 24.3 Å². The van der Waals surface area contributed by atoms with E-state index in [1.54, 1.807) is 35.3 Å². The van der Waals surface area contributed by atoms with Crippen LogP contribution in [0.5, 0.6) is 0 Å². The van der Waals surface area contributed by atoms with Crippen molar-refractivity contribution in [2.75, 3.05) is 77.8 Å². The molecular weight excluding hydrogens is 1260 g/mol. The zero-order chi connectivity index (χ0) is 58.7. The number of nitrogens with one attached hydrogen (secondary N) is 6. The third-order valence-electron chi connectivity index (χ3n) is 9.12. The molecule has 0 saturated carbocycles. The van der Waals surface area contributed by atoms with Crippen molar-refractivity contribution < 1.29 is 77.7 Å². The van der Waals surface area contributed by atoms with Gasteiger partial charge in [-0.15, -0.1) is 89.3 Å². The third kappa shape index (κ3) is 51.6. The van der Waals surface area contributed by atoms with E-state index < -0.39 is 41.4 Å². The molecule has 0 aromatic heterocycles. The molecule has 3 heterocycles. The first-order valence-electron chi connectivity index (χ1n) is 23.7. The molecule has 82 heavy (non-hydrogen) atoms. The lowest BCUT2D eigenvalue weighted by atomic mass is 10.2. The van der Waals surface area contributed by atoms with E-state index in [0.29, 0.717) is 40.7 Å². The number of hydrogen-bond donors (Lipinski definition) is 11. The highest BCUT2D eigenvalue weighted by atomic mass is 35.5. The standard InChI is InChI=1S/C17H26N4O5S2.C11H10N2O6.C10H21N3O2S2.C4H11NS2.C3H7NO2.CH4.3ClH.H2O/c1-12(22)18-10-27-8-6-14(9-28-11-19-13(2)23)20-15(24)5-7-21-16(25)3-4-17(21)26;14-7-1-2-8(15)12(7)6-5-11(18)19-13-9(16)3-4-10(13)17;1-8(14)12-6-16-4-3-10(11)5-17-7-13-9(2)15;5-4(3-7)1-2-6;1-3(6)4-2-5;;;;;/h3-4,14H,5-11H2,1-2H3,(H,18,22)(H,19,23)(H,20,24);1-2H,3-6H2;10H,3-7,11H2,1-2H3,(H,12,14)(H,13,15);4,6-7H,1-3,5H2;5H,2H2,1H3,(H,4,6);1H4;3*1H;1H2/t14-;;10-;4-;;;;;;/m0.00....../s1. The van der Waals surface area contributed by atoms with Crippen molar-refractivity contribution in [2.24, 2.45) is 11.5 Å². The quantitative estimate of drug-likeness (QED) is 0.0192. The maximum absolute atomic E-state index is 12.2. The number of aliphatic hydroxyl groups is 1. The molecule has 12 amide bonds. The Bertz CT molecular complexity index is 1980. The van der Waals surface area contributed by atoms with E-state index in [4.69, 9.17) is 16.6 Å². The number of thioether (sulfide) groups is 4. The molecule has 3 aliphatic heterocycles. The Hall–Kier alpha value is -4.00. The van der Waals surface area contributed by atoms with Gasteiger partial charge in [0.25, 0.3) is 35.4 Å². The molecule has 27 nitrogen and oxygen atoms in total. The molecule has 1 fully saturated rings. The number of nitrogens with two attached hydrogens (primary N) is 2. The average molecular weight is 1350 g/mol. The fourth-order valence-corrected chi connectivity index (χ4v) is 9.28. The normalized spacial score (nSPS) is 13.4. The van der Waals surface area contributed by atoms with Crippen molar-refractivity contribution in [2.45, 2.75) is 105 Å². The molecule has 0 radical (unpaired) electrons. The molecule has 0 aliphatic carbocycles. The Kier molecular flexibility index (Phi) is 64.3. The minimum absolute atomic E-state index is 0. The van der Waals surface area contributed by atoms with Gasteiger partial charge in [0.1, 0.15) is 6.73 Å². The minimum Gasteiger partial charge on any atom is -0.412 e. The van der Waals surface area contributed by atoms with Crippen molar-refractivity contribution in [3.8, 4) is 0 Å². The topological polar surface area (TPSA) is 417 Å². The van der Waals surface area contributed by atoms with Crippen LogP contribution in [0.3, 0.4) is 0 Å². The molecule has 0 aromatic carbocycles. The van der Waals surface area contributed by atoms with Gasteiger partial charge in [-0.05, 0) is 36.5 Å². The molecule has 3 rings (SSSR count). The predicted octanol–water partition coefficient (Wildman–Crippen LogP) is -0.191. The number of rotatable bonds is 30. The molecule has 3 atom stereocenters. The van der Waals surface area contributed by atoms with Crippen molar-refractivity contribution in [3.05, 3.63) is 24.3 Å². The number of halogens is 3. The van der Waals surface area contributed by atoms with E-state index in [2.05, 4.69) is 62.0 Å². The monoisotopic (exact) mass is 1340 g/mol. The highest BCUT2D eigenvalue weighted by molar-refractivity contribution is 8.00. The number of aliphatic hydroxyl groups excluding tert-OH is 1. The molecule has 0 unspecified atom stereocenters. The third-order valence-corrected chi connectivity index (χ3v) is 13.6. The highest BCUT2D eigenvalue weighted by Crippen LogP contribution is 2.14. The van der Waals surface area contributed by atoms with Crippen molar-refractivity contribution in [3.63, 3.8) is 0 Å². The van der Waals surface area contributed by atoms with E-state index in [1.165, 1.54) is 58.5 Å². The molecule has 13 N–H and O–H groups in total. The minimum atomic E-state index is -0.851. The molecule has 36 heteroatoms. The van der Waals surface area contributed by atoms with Gasteiger partial charge in [-0.2, -0.15) is 25.3 Å². The van der Waals surface area contributed by atoms with Crippen molar-refractivity contribution in [1.29, 1.82) is 0 Å². The highest BCUT2D eigenvalue weighted by Gasteiger charge is 2.33.